The molecule has 0 unspecified atom stereocenters. The van der Waals surface area contributed by atoms with Crippen LogP contribution in [0.2, 0.25) is 61.6 Å². The maximum absolute atomic E-state index is 14.5. The number of nitrogens with one attached hydrogen (secondary N) is 10. The number of aliphatic hydroxyl groups is 2. The van der Waals surface area contributed by atoms with Crippen molar-refractivity contribution in [3.05, 3.63) is 269 Å². The number of carbonyl (C=O) groups is 2. The Morgan fingerprint density at radius 1 is 0.441 bits per heavy atom. The number of aromatic nitrogens is 8. The number of halogens is 10. The summed E-state index contributed by atoms with van der Waals surface area (Å²) in [6, 6.07) is 48.9. The molecule has 0 spiro atoms. The Balaban J connectivity index is 0.000000245. The lowest BCUT2D eigenvalue weighted by Gasteiger charge is -2.36. The number of nitrogens with zero attached hydrogens (tertiary/aromatic N) is 8. The second-order valence-electron chi connectivity index (χ2n) is 34.7. The van der Waals surface area contributed by atoms with Gasteiger partial charge in [0, 0.05) is 93.9 Å². The molecule has 2 aliphatic rings. The fraction of sp³-hybridized carbons (Fsp3) is 0.278. The summed E-state index contributed by atoms with van der Waals surface area (Å²) in [5, 5.41) is 49.6. The summed E-state index contributed by atoms with van der Waals surface area (Å²) in [5.41, 5.74) is 19.2. The lowest BCUT2D eigenvalue weighted by atomic mass is 9.96. The average molecular weight is 2120 g/mol. The molecule has 0 aliphatic carbocycles. The van der Waals surface area contributed by atoms with E-state index in [1.165, 1.54) is 0 Å². The van der Waals surface area contributed by atoms with Gasteiger partial charge in [-0.1, -0.05) is 133 Å². The number of aliphatic hydroxyl groups excluding tert-OH is 2. The fourth-order valence-corrected chi connectivity index (χ4v) is 14.1. The second-order valence-corrected chi connectivity index (χ2v) is 46.7. The average Bonchev–Trinajstić information content (AvgIpc) is 1.12. The van der Waals surface area contributed by atoms with Crippen LogP contribution >= 0.6 is 69.6 Å². The van der Waals surface area contributed by atoms with Gasteiger partial charge >= 0.3 is 14.1 Å². The number of benzene rings is 8. The lowest BCUT2D eigenvalue weighted by molar-refractivity contribution is -0.112. The standard InChI is InChI=1S/C26H34BClFN5O3Si.C22H21ClFN5O3.C19H19ClFN5O2.C15H26ClNO2Si.C11H9BClFN4O.C3H3ClO.CH4.H2/c1-17(15-36-38(5,6)26(2,3)4)37-23-13-19(10-11-21(23)28)32-25-30-14-22(29)24(33-25)31-18-8-7-9-20(12-18)34-27-16-35-27;1-3-20(31)26-14-5-4-6-15(9-14)27-21-18(24)11-25-22(29-21)28-16-7-8-17(23)19(10-16)32-13(2)12-30;1-11(10-27)28-17-8-14(5-6-15(17)20)25-19-23-9-16(21)18(26-19)24-13-4-2-3-12(22)7-13;1-11(10-18-20(5,6)15(2,3)4)19-14-9-12(17)7-8-13(14)16;13-11-15-5-9(14)10(17-11)16-7-2-1-3-8(4-7)18-12-6-19-12;1-2-3(4)5;;/h7-14,17,34H,15-16H2,1-6H3,(H2,30,31,32,33);3-11,13,30H,1,12H2,2H3,(H,26,31)(H2,25,27,28,29);2-9,11,27H,10,22H2,1H3,(H2,23,24,25,26);7-9,11H,10,17H2,1-6H3;1-5,18H,6H2,(H,15,16,17);2H,1H2;1H4;1H/t17-;13-;2*11-;;;;/m0000..../s1/i;;;;;;;1+1. The highest BCUT2D eigenvalue weighted by Gasteiger charge is 2.39. The van der Waals surface area contributed by atoms with Crippen LogP contribution in [-0.2, 0) is 27.7 Å². The van der Waals surface area contributed by atoms with Crippen molar-refractivity contribution >= 4 is 221 Å². The molecule has 2 saturated heterocycles. The van der Waals surface area contributed by atoms with E-state index in [4.69, 9.17) is 123 Å². The molecular weight excluding hydrogens is 2000 g/mol. The molecule has 32 nitrogen and oxygen atoms in total. The normalized spacial score (nSPS) is 12.6. The fourth-order valence-electron chi connectivity index (χ4n) is 11.1. The number of nitrogen functional groups attached to an aromatic ring is 2. The molecule has 0 saturated carbocycles. The first-order valence-corrected chi connectivity index (χ1v) is 52.2. The van der Waals surface area contributed by atoms with E-state index < -0.39 is 57.4 Å². The van der Waals surface area contributed by atoms with E-state index in [1.54, 1.807) is 141 Å². The minimum Gasteiger partial charge on any atom is -0.487 e. The Hall–Kier alpha value is -12.5. The zero-order chi connectivity index (χ0) is 104. The molecule has 4 aromatic heterocycles. The van der Waals surface area contributed by atoms with Crippen molar-refractivity contribution in [2.24, 2.45) is 0 Å². The van der Waals surface area contributed by atoms with Crippen molar-refractivity contribution in [2.45, 2.75) is 137 Å². The third-order valence-corrected chi connectivity index (χ3v) is 31.3. The molecule has 16 N–H and O–H groups in total. The number of hydrogen-bond donors (Lipinski definition) is 14. The van der Waals surface area contributed by atoms with Crippen LogP contribution in [0, 0.1) is 23.3 Å². The number of carbonyl (C=O) groups excluding carboxylic acids is 2. The highest BCUT2D eigenvalue weighted by atomic mass is 35.5. The van der Waals surface area contributed by atoms with E-state index in [2.05, 4.69) is 174 Å². The summed E-state index contributed by atoms with van der Waals surface area (Å²) in [5.74, 6) is -0.318. The van der Waals surface area contributed by atoms with Crippen LogP contribution in [0.4, 0.5) is 127 Å². The van der Waals surface area contributed by atoms with E-state index in [0.717, 1.165) is 48.3 Å². The topological polar surface area (TPSA) is 430 Å². The van der Waals surface area contributed by atoms with Gasteiger partial charge in [0.25, 0.3) is 0 Å². The van der Waals surface area contributed by atoms with Crippen molar-refractivity contribution in [1.82, 2.24) is 39.9 Å². The van der Waals surface area contributed by atoms with Gasteiger partial charge in [0.1, 0.15) is 47.4 Å². The minimum absolute atomic E-state index is 0. The zero-order valence-corrected chi connectivity index (χ0v) is 86.8. The number of allylic oxidation sites excluding steroid dienone is 1. The van der Waals surface area contributed by atoms with Crippen LogP contribution < -0.4 is 83.4 Å². The Morgan fingerprint density at radius 3 is 1.07 bits per heavy atom. The highest BCUT2D eigenvalue weighted by Crippen LogP contribution is 2.41. The van der Waals surface area contributed by atoms with Crippen molar-refractivity contribution in [3.8, 4) is 23.0 Å². The maximum Gasteiger partial charge on any atom is 0.438 e. The van der Waals surface area contributed by atoms with E-state index in [9.17, 15) is 32.3 Å². The number of anilines is 19. The first-order chi connectivity index (χ1) is 67.2. The summed E-state index contributed by atoms with van der Waals surface area (Å²) in [6.07, 6.45) is 5.31. The SMILES string of the molecule is C.C=CC(=O)Cl.C=CC(=O)Nc1cccc(Nc2nc(Nc3ccc(Cl)c(O[C@@H](C)CO)c3)ncc2F)c1.C[C@@H](CO)Oc1cc(Nc2ncc(F)c(Nc3cccc(N)c3)n2)ccc1Cl.C[C@@H](CO[Si](C)(C)C(C)(C)C)Oc1cc(N)ccc1Cl.C[C@@H](CO[Si](C)(C)C(C)(C)C)Oc1cc(Nc2ncc(F)c(Nc3cccc(NB4CO4)c3)n2)ccc1Cl.Fc1cnc(Cl)nc1Nc1cccc(NB2CO2)c1.[2HH]. The monoisotopic (exact) mass is 2120 g/mol. The molecule has 0 radical (unpaired) electrons. The molecular formula is C97H118B2Cl6F4N20O12Si2. The first kappa shape index (κ1) is 116. The number of amides is 1. The van der Waals surface area contributed by atoms with Crippen LogP contribution in [0.1, 0.15) is 78.1 Å². The first-order valence-electron chi connectivity index (χ1n) is 44.1. The van der Waals surface area contributed by atoms with Crippen molar-refractivity contribution in [2.75, 3.05) is 104 Å². The molecule has 14 rings (SSSR count). The van der Waals surface area contributed by atoms with Gasteiger partial charge in [0.15, 0.2) is 63.2 Å². The second kappa shape index (κ2) is 54.8. The smallest absolute Gasteiger partial charge is 0.438 e. The molecule has 46 heteroatoms. The predicted octanol–water partition coefficient (Wildman–Crippen LogP) is 24.8. The summed E-state index contributed by atoms with van der Waals surface area (Å²) in [4.78, 5) is 52.9. The third kappa shape index (κ3) is 39.3. The summed E-state index contributed by atoms with van der Waals surface area (Å²) < 4.78 is 102. The van der Waals surface area contributed by atoms with Crippen molar-refractivity contribution in [3.63, 3.8) is 0 Å². The summed E-state index contributed by atoms with van der Waals surface area (Å²) >= 11 is 35.1. The van der Waals surface area contributed by atoms with Crippen LogP contribution in [-0.4, -0.2) is 156 Å². The van der Waals surface area contributed by atoms with Crippen LogP contribution in [0.25, 0.3) is 0 Å². The molecule has 2 aliphatic heterocycles. The van der Waals surface area contributed by atoms with E-state index in [0.29, 0.717) is 126 Å². The number of ether oxygens (including phenoxy) is 4. The number of hydrogen-bond acceptors (Lipinski definition) is 31. The molecule has 143 heavy (non-hydrogen) atoms. The molecule has 4 atom stereocenters. The zero-order valence-electron chi connectivity index (χ0n) is 80.2. The van der Waals surface area contributed by atoms with E-state index in [1.807, 2.05) is 56.3 Å². The maximum atomic E-state index is 14.5. The Labute approximate surface area is 863 Å². The lowest BCUT2D eigenvalue weighted by Crippen LogP contribution is -2.43. The molecule has 12 aromatic rings. The van der Waals surface area contributed by atoms with E-state index >= 15 is 0 Å². The van der Waals surface area contributed by atoms with Gasteiger partial charge in [-0.25, -0.2) is 37.5 Å². The summed E-state index contributed by atoms with van der Waals surface area (Å²) in [7, 11) is -3.55. The number of rotatable bonds is 37. The quantitative estimate of drug-likeness (QED) is 0.00327. The Bertz CT molecular complexity index is 6270. The Morgan fingerprint density at radius 2 is 0.734 bits per heavy atom. The van der Waals surface area contributed by atoms with Gasteiger partial charge in [0.05, 0.1) is 84.3 Å². The molecule has 1 amide bonds. The van der Waals surface area contributed by atoms with Crippen LogP contribution in [0.5, 0.6) is 23.0 Å². The highest BCUT2D eigenvalue weighted by molar-refractivity contribution is 6.74. The molecule has 8 aromatic carbocycles. The van der Waals surface area contributed by atoms with Gasteiger partial charge in [-0.2, -0.15) is 19.9 Å². The van der Waals surface area contributed by atoms with Gasteiger partial charge in [-0.05, 0) is 221 Å². The summed E-state index contributed by atoms with van der Waals surface area (Å²) in [6.45, 7) is 38.1. The molecule has 6 heterocycles. The van der Waals surface area contributed by atoms with Crippen molar-refractivity contribution < 1.29 is 75.9 Å². The van der Waals surface area contributed by atoms with Crippen LogP contribution in [0.3, 0.4) is 0 Å². The molecule has 762 valence electrons. The van der Waals surface area contributed by atoms with Gasteiger partial charge < -0.3 is 112 Å². The van der Waals surface area contributed by atoms with E-state index in [-0.39, 0.29) is 111 Å². The van der Waals surface area contributed by atoms with Gasteiger partial charge in [0.2, 0.25) is 34.3 Å². The number of nitrogens with two attached hydrogens (primary N) is 2. The van der Waals surface area contributed by atoms with Gasteiger partial charge in [-0.15, -0.1) is 0 Å². The van der Waals surface area contributed by atoms with Crippen molar-refractivity contribution in [1.29, 1.82) is 0 Å². The largest absolute Gasteiger partial charge is 0.487 e. The predicted molar refractivity (Wildman–Crippen MR) is 577 cm³/mol. The molecule has 2 fully saturated rings. The third-order valence-electron chi connectivity index (χ3n) is 20.7. The van der Waals surface area contributed by atoms with Crippen LogP contribution in [0.15, 0.2) is 220 Å². The Kier molecular flexibility index (Phi) is 44.4. The van der Waals surface area contributed by atoms with Gasteiger partial charge in [-0.3, -0.25) is 9.59 Å². The minimum atomic E-state index is -1.89. The molecule has 0 bridgehead atoms.